The Hall–Kier alpha value is -2.34. The molecule has 0 aliphatic carbocycles. The average molecular weight is 332 g/mol. The Morgan fingerprint density at radius 2 is 1.91 bits per heavy atom. The molecule has 1 heterocycles. The average Bonchev–Trinajstić information content (AvgIpc) is 2.99. The molecule has 1 unspecified atom stereocenters. The monoisotopic (exact) mass is 332 g/mol. The summed E-state index contributed by atoms with van der Waals surface area (Å²) in [6.07, 6.45) is 0. The Morgan fingerprint density at radius 1 is 1.17 bits per heavy atom. The van der Waals surface area contributed by atoms with Crippen LogP contribution in [0.25, 0.3) is 10.2 Å². The van der Waals surface area contributed by atoms with Crippen molar-refractivity contribution in [1.29, 1.82) is 0 Å². The molecule has 23 heavy (non-hydrogen) atoms. The minimum atomic E-state index is -1.03. The second kappa shape index (κ2) is 6.04. The summed E-state index contributed by atoms with van der Waals surface area (Å²) < 4.78 is 27.4. The Kier molecular flexibility index (Phi) is 4.09. The molecule has 0 fully saturated rings. The maximum absolute atomic E-state index is 13.3. The highest BCUT2D eigenvalue weighted by Gasteiger charge is 2.22. The van der Waals surface area contributed by atoms with Crippen molar-refractivity contribution >= 4 is 27.5 Å². The minimum absolute atomic E-state index is 0.111. The first kappa shape index (κ1) is 15.6. The number of para-hydroxylation sites is 1. The number of halogens is 2. The molecule has 1 aromatic heterocycles. The van der Waals surface area contributed by atoms with Gasteiger partial charge in [-0.2, -0.15) is 0 Å². The predicted octanol–water partition coefficient (Wildman–Crippen LogP) is 4.41. The summed E-state index contributed by atoms with van der Waals surface area (Å²) in [6, 6.07) is 10.6. The van der Waals surface area contributed by atoms with E-state index in [0.29, 0.717) is 0 Å². The van der Waals surface area contributed by atoms with Gasteiger partial charge in [-0.05, 0) is 37.3 Å². The molecule has 118 valence electrons. The number of carbonyl (C=O) groups is 1. The molecule has 3 rings (SSSR count). The highest BCUT2D eigenvalue weighted by molar-refractivity contribution is 7.18. The molecule has 0 radical (unpaired) electrons. The number of carbonyl (C=O) groups excluding carboxylic acids is 1. The largest absolute Gasteiger partial charge is 0.333 e. The highest BCUT2D eigenvalue weighted by Crippen LogP contribution is 2.29. The van der Waals surface area contributed by atoms with Gasteiger partial charge in [-0.15, -0.1) is 11.3 Å². The molecular formula is C17H14F2N2OS. The van der Waals surface area contributed by atoms with Gasteiger partial charge < -0.3 is 4.90 Å². The quantitative estimate of drug-likeness (QED) is 0.712. The first-order valence-corrected chi connectivity index (χ1v) is 7.86. The molecule has 6 heteroatoms. The van der Waals surface area contributed by atoms with E-state index in [4.69, 9.17) is 0 Å². The van der Waals surface area contributed by atoms with Crippen LogP contribution in [-0.2, 0) is 0 Å². The number of benzene rings is 2. The number of hydrogen-bond donors (Lipinski definition) is 0. The fourth-order valence-electron chi connectivity index (χ4n) is 2.24. The number of nitrogens with zero attached hydrogens (tertiary/aromatic N) is 2. The first-order valence-electron chi connectivity index (χ1n) is 7.05. The third kappa shape index (κ3) is 2.94. The van der Waals surface area contributed by atoms with Gasteiger partial charge in [0.25, 0.3) is 5.91 Å². The van der Waals surface area contributed by atoms with Crippen LogP contribution in [0.15, 0.2) is 42.5 Å². The van der Waals surface area contributed by atoms with Crippen molar-refractivity contribution in [2.75, 3.05) is 7.05 Å². The summed E-state index contributed by atoms with van der Waals surface area (Å²) in [5.41, 5.74) is 0.993. The molecule has 0 spiro atoms. The van der Waals surface area contributed by atoms with Crippen molar-refractivity contribution < 1.29 is 13.6 Å². The van der Waals surface area contributed by atoms with Gasteiger partial charge in [0.1, 0.15) is 5.01 Å². The Balaban J connectivity index is 1.87. The van der Waals surface area contributed by atoms with E-state index in [1.54, 1.807) is 7.05 Å². The zero-order valence-corrected chi connectivity index (χ0v) is 13.4. The lowest BCUT2D eigenvalue weighted by Crippen LogP contribution is -2.29. The second-order valence-corrected chi connectivity index (χ2v) is 6.30. The Bertz CT molecular complexity index is 845. The summed E-state index contributed by atoms with van der Waals surface area (Å²) in [5, 5.41) is 0.796. The van der Waals surface area contributed by atoms with E-state index in [-0.39, 0.29) is 17.5 Å². The molecule has 0 aliphatic heterocycles. The summed E-state index contributed by atoms with van der Waals surface area (Å²) in [7, 11) is 1.63. The van der Waals surface area contributed by atoms with Crippen LogP contribution in [-0.4, -0.2) is 22.8 Å². The number of aromatic nitrogens is 1. The minimum Gasteiger partial charge on any atom is -0.333 e. The summed E-state index contributed by atoms with van der Waals surface area (Å²) >= 11 is 1.51. The number of hydrogen-bond acceptors (Lipinski definition) is 3. The van der Waals surface area contributed by atoms with E-state index in [0.717, 1.165) is 27.4 Å². The van der Waals surface area contributed by atoms with Gasteiger partial charge in [0, 0.05) is 12.6 Å². The van der Waals surface area contributed by atoms with Crippen molar-refractivity contribution in [3.8, 4) is 0 Å². The smallest absolute Gasteiger partial charge is 0.254 e. The molecule has 0 N–H and O–H groups in total. The molecule has 1 atom stereocenters. The van der Waals surface area contributed by atoms with Crippen LogP contribution >= 0.6 is 11.3 Å². The summed E-state index contributed by atoms with van der Waals surface area (Å²) in [6.45, 7) is 1.86. The number of rotatable bonds is 3. The summed E-state index contributed by atoms with van der Waals surface area (Å²) in [5.74, 6) is -2.38. The molecule has 1 amide bonds. The van der Waals surface area contributed by atoms with Gasteiger partial charge in [0.15, 0.2) is 11.6 Å². The van der Waals surface area contributed by atoms with E-state index in [1.807, 2.05) is 31.2 Å². The third-order valence-corrected chi connectivity index (χ3v) is 4.94. The molecule has 0 saturated carbocycles. The van der Waals surface area contributed by atoms with E-state index in [2.05, 4.69) is 4.98 Å². The molecule has 0 aliphatic rings. The molecule has 3 nitrogen and oxygen atoms in total. The van der Waals surface area contributed by atoms with Crippen LogP contribution in [0.5, 0.6) is 0 Å². The number of amides is 1. The molecule has 3 aromatic rings. The van der Waals surface area contributed by atoms with Gasteiger partial charge in [-0.25, -0.2) is 13.8 Å². The Labute approximate surface area is 136 Å². The number of fused-ring (bicyclic) bond motifs is 1. The second-order valence-electron chi connectivity index (χ2n) is 5.24. The SMILES string of the molecule is CC(c1nc2ccccc2s1)N(C)C(=O)c1ccc(F)c(F)c1. The van der Waals surface area contributed by atoms with E-state index < -0.39 is 11.6 Å². The number of thiazole rings is 1. The van der Waals surface area contributed by atoms with Gasteiger partial charge in [0.2, 0.25) is 0 Å². The molecule has 2 aromatic carbocycles. The highest BCUT2D eigenvalue weighted by atomic mass is 32.1. The van der Waals surface area contributed by atoms with Gasteiger partial charge in [-0.3, -0.25) is 4.79 Å². The van der Waals surface area contributed by atoms with E-state index >= 15 is 0 Å². The predicted molar refractivity (Wildman–Crippen MR) is 86.5 cm³/mol. The standard InChI is InChI=1S/C17H14F2N2OS/c1-10(16-20-14-5-3-4-6-15(14)23-16)21(2)17(22)11-7-8-12(18)13(19)9-11/h3-10H,1-2H3. The van der Waals surface area contributed by atoms with E-state index in [1.165, 1.54) is 22.3 Å². The van der Waals surface area contributed by atoms with Crippen molar-refractivity contribution in [1.82, 2.24) is 9.88 Å². The third-order valence-electron chi connectivity index (χ3n) is 3.74. The molecule has 0 bridgehead atoms. The summed E-state index contributed by atoms with van der Waals surface area (Å²) in [4.78, 5) is 18.5. The normalized spacial score (nSPS) is 12.3. The maximum atomic E-state index is 13.3. The van der Waals surface area contributed by atoms with Crippen LogP contribution in [0.3, 0.4) is 0 Å². The van der Waals surface area contributed by atoms with Crippen LogP contribution in [0.2, 0.25) is 0 Å². The van der Waals surface area contributed by atoms with Crippen molar-refractivity contribution in [2.24, 2.45) is 0 Å². The van der Waals surface area contributed by atoms with E-state index in [9.17, 15) is 13.6 Å². The fourth-order valence-corrected chi connectivity index (χ4v) is 3.31. The van der Waals surface area contributed by atoms with Crippen molar-refractivity contribution in [2.45, 2.75) is 13.0 Å². The lowest BCUT2D eigenvalue weighted by atomic mass is 10.1. The first-order chi connectivity index (χ1) is 11.0. The van der Waals surface area contributed by atoms with Crippen LogP contribution < -0.4 is 0 Å². The molecule has 0 saturated heterocycles. The zero-order valence-electron chi connectivity index (χ0n) is 12.6. The lowest BCUT2D eigenvalue weighted by Gasteiger charge is -2.23. The van der Waals surface area contributed by atoms with Crippen LogP contribution in [0.4, 0.5) is 8.78 Å². The van der Waals surface area contributed by atoms with Gasteiger partial charge in [-0.1, -0.05) is 12.1 Å². The fraction of sp³-hybridized carbons (Fsp3) is 0.176. The van der Waals surface area contributed by atoms with Gasteiger partial charge >= 0.3 is 0 Å². The van der Waals surface area contributed by atoms with Crippen LogP contribution in [0.1, 0.15) is 28.3 Å². The molecular weight excluding hydrogens is 318 g/mol. The zero-order chi connectivity index (χ0) is 16.6. The maximum Gasteiger partial charge on any atom is 0.254 e. The topological polar surface area (TPSA) is 33.2 Å². The lowest BCUT2D eigenvalue weighted by molar-refractivity contribution is 0.0742. The Morgan fingerprint density at radius 3 is 2.61 bits per heavy atom. The van der Waals surface area contributed by atoms with Crippen molar-refractivity contribution in [3.63, 3.8) is 0 Å². The van der Waals surface area contributed by atoms with Crippen LogP contribution in [0, 0.1) is 11.6 Å². The van der Waals surface area contributed by atoms with Gasteiger partial charge in [0.05, 0.1) is 16.3 Å². The van der Waals surface area contributed by atoms with Crippen molar-refractivity contribution in [3.05, 3.63) is 64.7 Å².